The van der Waals surface area contributed by atoms with Crippen molar-refractivity contribution < 1.29 is 14.6 Å². The van der Waals surface area contributed by atoms with Gasteiger partial charge in [0.05, 0.1) is 6.61 Å². The molecule has 5 heteroatoms. The van der Waals surface area contributed by atoms with Gasteiger partial charge in [0.2, 0.25) is 0 Å². The first-order valence-corrected chi connectivity index (χ1v) is 8.34. The van der Waals surface area contributed by atoms with Crippen LogP contribution >= 0.6 is 0 Å². The summed E-state index contributed by atoms with van der Waals surface area (Å²) in [6, 6.07) is 0.396. The van der Waals surface area contributed by atoms with Gasteiger partial charge in [0, 0.05) is 38.3 Å². The van der Waals surface area contributed by atoms with Crippen LogP contribution in [0.5, 0.6) is 0 Å². The number of likely N-dealkylation sites (tertiary alicyclic amines) is 1. The lowest BCUT2D eigenvalue weighted by molar-refractivity contribution is 0.0195. The standard InChI is InChI=1S/C16H30N2O3/c1-21-11-9-16(13-19)8-5-10-18(12-16)15(20)17-14-6-3-2-4-7-14/h14,19H,2-13H2,1H3,(H,17,20)/t16-/m1/s1. The Morgan fingerprint density at radius 3 is 2.76 bits per heavy atom. The van der Waals surface area contributed by atoms with Crippen LogP contribution < -0.4 is 5.32 Å². The minimum absolute atomic E-state index is 0.0526. The first-order valence-electron chi connectivity index (χ1n) is 8.34. The molecular weight excluding hydrogens is 268 g/mol. The number of aliphatic hydroxyl groups excluding tert-OH is 1. The number of nitrogens with zero attached hydrogens (tertiary/aromatic N) is 1. The molecule has 122 valence electrons. The third-order valence-corrected chi connectivity index (χ3v) is 5.05. The molecule has 21 heavy (non-hydrogen) atoms. The van der Waals surface area contributed by atoms with Crippen LogP contribution in [0.15, 0.2) is 0 Å². The van der Waals surface area contributed by atoms with E-state index in [0.717, 1.165) is 38.6 Å². The van der Waals surface area contributed by atoms with Gasteiger partial charge in [-0.1, -0.05) is 19.3 Å². The second-order valence-corrected chi connectivity index (χ2v) is 6.71. The molecule has 1 saturated heterocycles. The highest BCUT2D eigenvalue weighted by Gasteiger charge is 2.36. The summed E-state index contributed by atoms with van der Waals surface area (Å²) in [5, 5.41) is 13.0. The summed E-state index contributed by atoms with van der Waals surface area (Å²) in [4.78, 5) is 14.3. The monoisotopic (exact) mass is 298 g/mol. The summed E-state index contributed by atoms with van der Waals surface area (Å²) in [5.41, 5.74) is -0.182. The molecule has 0 aromatic rings. The Morgan fingerprint density at radius 2 is 2.10 bits per heavy atom. The Balaban J connectivity index is 1.87. The number of urea groups is 1. The number of piperidine rings is 1. The lowest BCUT2D eigenvalue weighted by atomic mass is 9.78. The Bertz CT molecular complexity index is 331. The number of hydrogen-bond donors (Lipinski definition) is 2. The number of hydrogen-bond acceptors (Lipinski definition) is 3. The van der Waals surface area contributed by atoms with Crippen LogP contribution in [0.2, 0.25) is 0 Å². The number of nitrogens with one attached hydrogen (secondary N) is 1. The molecule has 1 aliphatic heterocycles. The topological polar surface area (TPSA) is 61.8 Å². The molecule has 2 aliphatic rings. The fraction of sp³-hybridized carbons (Fsp3) is 0.938. The average Bonchev–Trinajstić information content (AvgIpc) is 2.54. The predicted molar refractivity (Wildman–Crippen MR) is 82.2 cm³/mol. The molecule has 1 atom stereocenters. The largest absolute Gasteiger partial charge is 0.396 e. The van der Waals surface area contributed by atoms with Crippen LogP contribution in [0.25, 0.3) is 0 Å². The highest BCUT2D eigenvalue weighted by molar-refractivity contribution is 5.74. The van der Waals surface area contributed by atoms with E-state index in [2.05, 4.69) is 5.32 Å². The van der Waals surface area contributed by atoms with E-state index in [0.29, 0.717) is 19.2 Å². The van der Waals surface area contributed by atoms with Gasteiger partial charge < -0.3 is 20.1 Å². The average molecular weight is 298 g/mol. The predicted octanol–water partition coefficient (Wildman–Crippen LogP) is 2.14. The lowest BCUT2D eigenvalue weighted by Gasteiger charge is -2.42. The van der Waals surface area contributed by atoms with Crippen molar-refractivity contribution in [2.24, 2.45) is 5.41 Å². The Morgan fingerprint density at radius 1 is 1.33 bits per heavy atom. The molecule has 5 nitrogen and oxygen atoms in total. The molecule has 0 radical (unpaired) electrons. The van der Waals surface area contributed by atoms with Gasteiger partial charge in [-0.3, -0.25) is 0 Å². The summed E-state index contributed by atoms with van der Waals surface area (Å²) in [6.07, 6.45) is 8.69. The zero-order valence-corrected chi connectivity index (χ0v) is 13.3. The maximum absolute atomic E-state index is 12.4. The zero-order chi connectivity index (χ0) is 15.1. The number of methoxy groups -OCH3 is 1. The van der Waals surface area contributed by atoms with Crippen molar-refractivity contribution in [2.45, 2.75) is 57.4 Å². The molecule has 1 aliphatic carbocycles. The van der Waals surface area contributed by atoms with Gasteiger partial charge in [-0.05, 0) is 32.1 Å². The van der Waals surface area contributed by atoms with Crippen LogP contribution in [-0.4, -0.2) is 55.5 Å². The van der Waals surface area contributed by atoms with Crippen LogP contribution in [0.1, 0.15) is 51.4 Å². The first kappa shape index (κ1) is 16.6. The van der Waals surface area contributed by atoms with Crippen LogP contribution in [0.3, 0.4) is 0 Å². The third-order valence-electron chi connectivity index (χ3n) is 5.05. The molecule has 2 N–H and O–H groups in total. The van der Waals surface area contributed by atoms with E-state index in [1.54, 1.807) is 7.11 Å². The highest BCUT2D eigenvalue weighted by Crippen LogP contribution is 2.33. The summed E-state index contributed by atoms with van der Waals surface area (Å²) in [7, 11) is 1.68. The molecular formula is C16H30N2O3. The minimum atomic E-state index is -0.182. The van der Waals surface area contributed by atoms with E-state index in [1.807, 2.05) is 4.90 Å². The van der Waals surface area contributed by atoms with Crippen LogP contribution in [0, 0.1) is 5.41 Å². The van der Waals surface area contributed by atoms with Crippen molar-refractivity contribution in [3.63, 3.8) is 0 Å². The zero-order valence-electron chi connectivity index (χ0n) is 13.3. The summed E-state index contributed by atoms with van der Waals surface area (Å²) in [5.74, 6) is 0. The number of ether oxygens (including phenoxy) is 1. The van der Waals surface area contributed by atoms with Gasteiger partial charge >= 0.3 is 6.03 Å². The molecule has 0 bridgehead atoms. The normalized spacial score (nSPS) is 27.6. The van der Waals surface area contributed by atoms with E-state index >= 15 is 0 Å². The first-order chi connectivity index (χ1) is 10.2. The van der Waals surface area contributed by atoms with Gasteiger partial charge in [0.1, 0.15) is 0 Å². The van der Waals surface area contributed by atoms with Gasteiger partial charge in [-0.15, -0.1) is 0 Å². The summed E-state index contributed by atoms with van der Waals surface area (Å²) in [6.45, 7) is 2.21. The molecule has 2 amide bonds. The summed E-state index contributed by atoms with van der Waals surface area (Å²) >= 11 is 0. The number of amides is 2. The number of carbonyl (C=O) groups excluding carboxylic acids is 1. The molecule has 2 rings (SSSR count). The molecule has 0 aromatic carbocycles. The van der Waals surface area contributed by atoms with Crippen LogP contribution in [0.4, 0.5) is 4.79 Å². The van der Waals surface area contributed by atoms with E-state index in [1.165, 1.54) is 19.3 Å². The van der Waals surface area contributed by atoms with Crippen molar-refractivity contribution in [2.75, 3.05) is 33.4 Å². The molecule has 0 unspecified atom stereocenters. The Kier molecular flexibility index (Phi) is 6.30. The van der Waals surface area contributed by atoms with Crippen molar-refractivity contribution in [3.8, 4) is 0 Å². The van der Waals surface area contributed by atoms with Gasteiger partial charge in [-0.25, -0.2) is 4.79 Å². The van der Waals surface area contributed by atoms with Gasteiger partial charge in [0.15, 0.2) is 0 Å². The Hall–Kier alpha value is -0.810. The second-order valence-electron chi connectivity index (χ2n) is 6.71. The third kappa shape index (κ3) is 4.58. The van der Waals surface area contributed by atoms with Crippen molar-refractivity contribution >= 4 is 6.03 Å². The van der Waals surface area contributed by atoms with E-state index in [9.17, 15) is 9.90 Å². The smallest absolute Gasteiger partial charge is 0.317 e. The van der Waals surface area contributed by atoms with Crippen molar-refractivity contribution in [1.29, 1.82) is 0 Å². The fourth-order valence-electron chi connectivity index (χ4n) is 3.62. The van der Waals surface area contributed by atoms with E-state index in [4.69, 9.17) is 4.74 Å². The van der Waals surface area contributed by atoms with Gasteiger partial charge in [-0.2, -0.15) is 0 Å². The Labute approximate surface area is 128 Å². The summed E-state index contributed by atoms with van der Waals surface area (Å²) < 4.78 is 5.16. The number of rotatable bonds is 5. The van der Waals surface area contributed by atoms with Crippen LogP contribution in [-0.2, 0) is 4.74 Å². The van der Waals surface area contributed by atoms with Crippen molar-refractivity contribution in [1.82, 2.24) is 10.2 Å². The SMILES string of the molecule is COCC[C@]1(CO)CCCN(C(=O)NC2CCCCC2)C1. The molecule has 1 saturated carbocycles. The lowest BCUT2D eigenvalue weighted by Crippen LogP contribution is -2.53. The molecule has 2 fully saturated rings. The molecule has 0 aromatic heterocycles. The quantitative estimate of drug-likeness (QED) is 0.817. The maximum atomic E-state index is 12.4. The van der Waals surface area contributed by atoms with E-state index < -0.39 is 0 Å². The number of carbonyl (C=O) groups is 1. The molecule has 1 heterocycles. The highest BCUT2D eigenvalue weighted by atomic mass is 16.5. The maximum Gasteiger partial charge on any atom is 0.317 e. The minimum Gasteiger partial charge on any atom is -0.396 e. The second kappa shape index (κ2) is 7.99. The van der Waals surface area contributed by atoms with Crippen molar-refractivity contribution in [3.05, 3.63) is 0 Å². The molecule has 0 spiro atoms. The van der Waals surface area contributed by atoms with E-state index in [-0.39, 0.29) is 18.1 Å². The fourth-order valence-corrected chi connectivity index (χ4v) is 3.62. The van der Waals surface area contributed by atoms with Gasteiger partial charge in [0.25, 0.3) is 0 Å². The number of aliphatic hydroxyl groups is 1.